The predicted octanol–water partition coefficient (Wildman–Crippen LogP) is 5.36. The topological polar surface area (TPSA) is 54.5 Å². The lowest BCUT2D eigenvalue weighted by atomic mass is 10.00. The van der Waals surface area contributed by atoms with Crippen molar-refractivity contribution in [3.8, 4) is 11.5 Å². The van der Waals surface area contributed by atoms with E-state index in [9.17, 15) is 4.79 Å². The number of aromatic nitrogens is 1. The molecule has 0 saturated carbocycles. The van der Waals surface area contributed by atoms with Crippen molar-refractivity contribution in [2.75, 3.05) is 23.3 Å². The molecule has 1 atom stereocenters. The number of nitrogens with one attached hydrogen (secondary N) is 1. The molecular weight excluding hydrogens is 362 g/mol. The van der Waals surface area contributed by atoms with Gasteiger partial charge in [0.05, 0.1) is 5.69 Å². The molecule has 0 bridgehead atoms. The number of hydrogen-bond donors (Lipinski definition) is 1. The third kappa shape index (κ3) is 4.74. The summed E-state index contributed by atoms with van der Waals surface area (Å²) in [7, 11) is 0. The molecular formula is C24H25N3O2. The van der Waals surface area contributed by atoms with Crippen LogP contribution < -0.4 is 15.0 Å². The van der Waals surface area contributed by atoms with Crippen molar-refractivity contribution in [3.05, 3.63) is 78.6 Å². The number of anilines is 2. The van der Waals surface area contributed by atoms with Crippen LogP contribution in [-0.2, 0) is 0 Å². The highest BCUT2D eigenvalue weighted by Crippen LogP contribution is 2.30. The van der Waals surface area contributed by atoms with Crippen LogP contribution in [0.15, 0.2) is 72.9 Å². The van der Waals surface area contributed by atoms with Crippen LogP contribution in [0, 0.1) is 5.92 Å². The highest BCUT2D eigenvalue weighted by atomic mass is 16.5. The zero-order valence-electron chi connectivity index (χ0n) is 16.5. The van der Waals surface area contributed by atoms with Crippen molar-refractivity contribution in [2.45, 2.75) is 19.8 Å². The van der Waals surface area contributed by atoms with E-state index in [1.165, 1.54) is 12.8 Å². The van der Waals surface area contributed by atoms with E-state index in [-0.39, 0.29) is 5.91 Å². The van der Waals surface area contributed by atoms with E-state index >= 15 is 0 Å². The summed E-state index contributed by atoms with van der Waals surface area (Å²) in [6.07, 6.45) is 4.14. The number of piperidine rings is 1. The zero-order valence-corrected chi connectivity index (χ0v) is 16.5. The van der Waals surface area contributed by atoms with E-state index < -0.39 is 0 Å². The third-order valence-electron chi connectivity index (χ3n) is 5.10. The van der Waals surface area contributed by atoms with Gasteiger partial charge in [0.25, 0.3) is 5.91 Å². The highest BCUT2D eigenvalue weighted by molar-refractivity contribution is 6.04. The standard InChI is InChI=1S/C24H25N3O2/c1-18-8-7-15-27(17-18)19-13-14-25-22(16-19)24(28)26-21-11-5-6-12-23(21)29-20-9-3-2-4-10-20/h2-6,9-14,16,18H,7-8,15,17H2,1H3,(H,26,28). The van der Waals surface area contributed by atoms with Crippen LogP contribution in [0.25, 0.3) is 0 Å². The normalized spacial score (nSPS) is 16.3. The summed E-state index contributed by atoms with van der Waals surface area (Å²) in [5.74, 6) is 1.72. The first-order valence-corrected chi connectivity index (χ1v) is 10.0. The molecule has 2 heterocycles. The molecule has 1 saturated heterocycles. The van der Waals surface area contributed by atoms with Crippen LogP contribution in [-0.4, -0.2) is 24.0 Å². The number of amides is 1. The fraction of sp³-hybridized carbons (Fsp3) is 0.250. The molecule has 148 valence electrons. The SMILES string of the molecule is CC1CCCN(c2ccnc(C(=O)Nc3ccccc3Oc3ccccc3)c2)C1. The Labute approximate surface area is 171 Å². The molecule has 1 unspecified atom stereocenters. The molecule has 1 fully saturated rings. The minimum Gasteiger partial charge on any atom is -0.455 e. The zero-order chi connectivity index (χ0) is 20.1. The van der Waals surface area contributed by atoms with Gasteiger partial charge in [0.15, 0.2) is 5.75 Å². The van der Waals surface area contributed by atoms with Crippen molar-refractivity contribution < 1.29 is 9.53 Å². The Balaban J connectivity index is 1.51. The number of nitrogens with zero attached hydrogens (tertiary/aromatic N) is 2. The molecule has 0 spiro atoms. The summed E-state index contributed by atoms with van der Waals surface area (Å²) < 4.78 is 5.93. The molecule has 0 aliphatic carbocycles. The molecule has 29 heavy (non-hydrogen) atoms. The Bertz CT molecular complexity index is 975. The number of pyridine rings is 1. The molecule has 3 aromatic rings. The molecule has 5 heteroatoms. The maximum absolute atomic E-state index is 12.9. The molecule has 2 aromatic carbocycles. The van der Waals surface area contributed by atoms with Gasteiger partial charge >= 0.3 is 0 Å². The number of hydrogen-bond acceptors (Lipinski definition) is 4. The summed E-state index contributed by atoms with van der Waals surface area (Å²) >= 11 is 0. The number of rotatable bonds is 5. The Morgan fingerprint density at radius 3 is 2.72 bits per heavy atom. The molecule has 1 aliphatic rings. The number of para-hydroxylation sites is 3. The fourth-order valence-electron chi connectivity index (χ4n) is 3.62. The van der Waals surface area contributed by atoms with Crippen LogP contribution in [0.4, 0.5) is 11.4 Å². The first kappa shape index (κ1) is 19.0. The van der Waals surface area contributed by atoms with Gasteiger partial charge in [-0.1, -0.05) is 37.3 Å². The van der Waals surface area contributed by atoms with E-state index in [4.69, 9.17) is 4.74 Å². The molecule has 0 radical (unpaired) electrons. The lowest BCUT2D eigenvalue weighted by Gasteiger charge is -2.32. The van der Waals surface area contributed by atoms with Gasteiger partial charge in [-0.05, 0) is 55.2 Å². The fourth-order valence-corrected chi connectivity index (χ4v) is 3.62. The second-order valence-corrected chi connectivity index (χ2v) is 7.46. The van der Waals surface area contributed by atoms with Gasteiger partial charge in [-0.2, -0.15) is 0 Å². The van der Waals surface area contributed by atoms with Gasteiger partial charge in [0, 0.05) is 25.0 Å². The van der Waals surface area contributed by atoms with Crippen molar-refractivity contribution >= 4 is 17.3 Å². The molecule has 1 N–H and O–H groups in total. The Kier molecular flexibility index (Phi) is 5.75. The lowest BCUT2D eigenvalue weighted by Crippen LogP contribution is -2.34. The minimum absolute atomic E-state index is 0.249. The molecule has 4 rings (SSSR count). The van der Waals surface area contributed by atoms with Crippen molar-refractivity contribution in [2.24, 2.45) is 5.92 Å². The number of benzene rings is 2. The van der Waals surface area contributed by atoms with E-state index in [1.807, 2.05) is 66.7 Å². The average molecular weight is 387 g/mol. The Morgan fingerprint density at radius 2 is 1.90 bits per heavy atom. The Morgan fingerprint density at radius 1 is 1.10 bits per heavy atom. The average Bonchev–Trinajstić information content (AvgIpc) is 2.76. The number of carbonyl (C=O) groups is 1. The maximum atomic E-state index is 12.9. The van der Waals surface area contributed by atoms with Crippen LogP contribution in [0.3, 0.4) is 0 Å². The summed E-state index contributed by atoms with van der Waals surface area (Å²) in [6, 6.07) is 20.8. The van der Waals surface area contributed by atoms with Crippen LogP contribution in [0.5, 0.6) is 11.5 Å². The second-order valence-electron chi connectivity index (χ2n) is 7.46. The van der Waals surface area contributed by atoms with Gasteiger partial charge in [0.2, 0.25) is 0 Å². The first-order valence-electron chi connectivity index (χ1n) is 10.0. The molecule has 1 aromatic heterocycles. The second kappa shape index (κ2) is 8.78. The van der Waals surface area contributed by atoms with Gasteiger partial charge in [0.1, 0.15) is 11.4 Å². The minimum atomic E-state index is -0.249. The van der Waals surface area contributed by atoms with Gasteiger partial charge < -0.3 is 15.0 Å². The lowest BCUT2D eigenvalue weighted by molar-refractivity contribution is 0.102. The van der Waals surface area contributed by atoms with Crippen molar-refractivity contribution in [1.82, 2.24) is 4.98 Å². The molecule has 1 aliphatic heterocycles. The predicted molar refractivity (Wildman–Crippen MR) is 116 cm³/mol. The summed E-state index contributed by atoms with van der Waals surface area (Å²) in [6.45, 7) is 4.30. The largest absolute Gasteiger partial charge is 0.455 e. The monoisotopic (exact) mass is 387 g/mol. The summed E-state index contributed by atoms with van der Waals surface area (Å²) in [4.78, 5) is 19.5. The Hall–Kier alpha value is -3.34. The van der Waals surface area contributed by atoms with Crippen LogP contribution in [0.2, 0.25) is 0 Å². The summed E-state index contributed by atoms with van der Waals surface area (Å²) in [5.41, 5.74) is 2.06. The smallest absolute Gasteiger partial charge is 0.274 e. The van der Waals surface area contributed by atoms with E-state index in [0.29, 0.717) is 28.8 Å². The first-order chi connectivity index (χ1) is 14.2. The molecule has 5 nitrogen and oxygen atoms in total. The van der Waals surface area contributed by atoms with Crippen molar-refractivity contribution in [1.29, 1.82) is 0 Å². The van der Waals surface area contributed by atoms with Gasteiger partial charge in [-0.3, -0.25) is 9.78 Å². The van der Waals surface area contributed by atoms with Gasteiger partial charge in [-0.25, -0.2) is 0 Å². The van der Waals surface area contributed by atoms with Crippen LogP contribution >= 0.6 is 0 Å². The number of ether oxygens (including phenoxy) is 1. The highest BCUT2D eigenvalue weighted by Gasteiger charge is 2.18. The van der Waals surface area contributed by atoms with Crippen molar-refractivity contribution in [3.63, 3.8) is 0 Å². The maximum Gasteiger partial charge on any atom is 0.274 e. The quantitative estimate of drug-likeness (QED) is 0.640. The van der Waals surface area contributed by atoms with E-state index in [2.05, 4.69) is 22.1 Å². The molecule has 1 amide bonds. The number of carbonyl (C=O) groups excluding carboxylic acids is 1. The van der Waals surface area contributed by atoms with E-state index in [1.54, 1.807) is 6.20 Å². The van der Waals surface area contributed by atoms with E-state index in [0.717, 1.165) is 18.8 Å². The van der Waals surface area contributed by atoms with Crippen LogP contribution in [0.1, 0.15) is 30.3 Å². The third-order valence-corrected chi connectivity index (χ3v) is 5.10. The summed E-state index contributed by atoms with van der Waals surface area (Å²) in [5, 5.41) is 2.94. The van der Waals surface area contributed by atoms with Gasteiger partial charge in [-0.15, -0.1) is 0 Å².